The number of aliphatic carboxylic acids is 1. The summed E-state index contributed by atoms with van der Waals surface area (Å²) in [4.78, 5) is 10.3. The van der Waals surface area contributed by atoms with Gasteiger partial charge in [0.2, 0.25) is 0 Å². The highest BCUT2D eigenvalue weighted by atomic mass is 35.5. The van der Waals surface area contributed by atoms with Crippen molar-refractivity contribution in [2.75, 3.05) is 0 Å². The molecule has 0 fully saturated rings. The molecule has 0 spiro atoms. The molecule has 1 unspecified atom stereocenters. The fourth-order valence-electron chi connectivity index (χ4n) is 0.977. The van der Waals surface area contributed by atoms with Gasteiger partial charge in [-0.25, -0.2) is 13.6 Å². The van der Waals surface area contributed by atoms with Crippen LogP contribution in [-0.2, 0) is 4.79 Å². The molecule has 0 aliphatic carbocycles. The molecule has 82 valence electrons. The summed E-state index contributed by atoms with van der Waals surface area (Å²) in [7, 11) is 0. The van der Waals surface area contributed by atoms with Crippen LogP contribution in [0.5, 0.6) is 5.75 Å². The lowest BCUT2D eigenvalue weighted by atomic mass is 10.1. The summed E-state index contributed by atoms with van der Waals surface area (Å²) in [5.41, 5.74) is -1.09. The molecule has 1 aromatic carbocycles. The fraction of sp³-hybridized carbons (Fsp3) is 0.125. The highest BCUT2D eigenvalue weighted by Gasteiger charge is 2.28. The summed E-state index contributed by atoms with van der Waals surface area (Å²) < 4.78 is 25.8. The lowest BCUT2D eigenvalue weighted by Crippen LogP contribution is -2.13. The van der Waals surface area contributed by atoms with E-state index in [1.54, 1.807) is 0 Å². The minimum absolute atomic E-state index is 0.476. The van der Waals surface area contributed by atoms with Gasteiger partial charge in [-0.05, 0) is 6.07 Å². The van der Waals surface area contributed by atoms with E-state index in [0.29, 0.717) is 6.07 Å². The van der Waals surface area contributed by atoms with Crippen molar-refractivity contribution in [2.24, 2.45) is 0 Å². The second kappa shape index (κ2) is 4.00. The summed E-state index contributed by atoms with van der Waals surface area (Å²) in [5.74, 6) is -5.92. The zero-order valence-electron chi connectivity index (χ0n) is 7.04. The molecule has 0 heterocycles. The molecule has 0 saturated carbocycles. The zero-order chi connectivity index (χ0) is 11.7. The van der Waals surface area contributed by atoms with Crippen molar-refractivity contribution >= 4 is 17.6 Å². The van der Waals surface area contributed by atoms with E-state index in [1.807, 2.05) is 0 Å². The zero-order valence-corrected chi connectivity index (χ0v) is 7.79. The van der Waals surface area contributed by atoms with Gasteiger partial charge in [-0.1, -0.05) is 11.6 Å². The third-order valence-corrected chi connectivity index (χ3v) is 1.98. The molecule has 0 aromatic heterocycles. The molecule has 4 nitrogen and oxygen atoms in total. The van der Waals surface area contributed by atoms with Crippen LogP contribution in [0.4, 0.5) is 8.78 Å². The second-order valence-electron chi connectivity index (χ2n) is 2.66. The van der Waals surface area contributed by atoms with Gasteiger partial charge in [0.05, 0.1) is 10.6 Å². The fourth-order valence-corrected chi connectivity index (χ4v) is 1.17. The van der Waals surface area contributed by atoms with Crippen LogP contribution in [-0.4, -0.2) is 21.3 Å². The normalized spacial score (nSPS) is 12.5. The minimum Gasteiger partial charge on any atom is -0.506 e. The van der Waals surface area contributed by atoms with Crippen LogP contribution < -0.4 is 0 Å². The number of carbonyl (C=O) groups is 1. The van der Waals surface area contributed by atoms with Crippen molar-refractivity contribution in [1.29, 1.82) is 0 Å². The van der Waals surface area contributed by atoms with Gasteiger partial charge in [-0.3, -0.25) is 0 Å². The minimum atomic E-state index is -2.38. The van der Waals surface area contributed by atoms with E-state index in [2.05, 4.69) is 0 Å². The molecule has 0 bridgehead atoms. The van der Waals surface area contributed by atoms with Crippen molar-refractivity contribution in [2.45, 2.75) is 6.10 Å². The monoisotopic (exact) mass is 238 g/mol. The quantitative estimate of drug-likeness (QED) is 0.682. The van der Waals surface area contributed by atoms with Gasteiger partial charge in [0, 0.05) is 0 Å². The number of carboxylic acids is 1. The van der Waals surface area contributed by atoms with Crippen LogP contribution >= 0.6 is 11.6 Å². The van der Waals surface area contributed by atoms with Crippen molar-refractivity contribution in [3.05, 3.63) is 28.3 Å². The molecule has 0 saturated heterocycles. The van der Waals surface area contributed by atoms with Crippen LogP contribution in [0, 0.1) is 11.6 Å². The van der Waals surface area contributed by atoms with Gasteiger partial charge in [-0.15, -0.1) is 0 Å². The van der Waals surface area contributed by atoms with Gasteiger partial charge >= 0.3 is 5.97 Å². The lowest BCUT2D eigenvalue weighted by Gasteiger charge is -2.11. The Balaban J connectivity index is 3.45. The van der Waals surface area contributed by atoms with E-state index in [1.165, 1.54) is 0 Å². The predicted molar refractivity (Wildman–Crippen MR) is 45.6 cm³/mol. The molecule has 0 radical (unpaired) electrons. The van der Waals surface area contributed by atoms with Crippen molar-refractivity contribution in [3.8, 4) is 5.75 Å². The highest BCUT2D eigenvalue weighted by molar-refractivity contribution is 6.32. The number of carboxylic acid groups (broad SMARTS) is 1. The first kappa shape index (κ1) is 11.7. The maximum absolute atomic E-state index is 13.0. The van der Waals surface area contributed by atoms with Crippen LogP contribution in [0.3, 0.4) is 0 Å². The lowest BCUT2D eigenvalue weighted by molar-refractivity contribution is -0.147. The number of phenolic OH excluding ortho intramolecular Hbond substituents is 1. The Morgan fingerprint density at radius 2 is 2.00 bits per heavy atom. The molecule has 1 aromatic rings. The Hall–Kier alpha value is -1.40. The van der Waals surface area contributed by atoms with E-state index in [-0.39, 0.29) is 0 Å². The van der Waals surface area contributed by atoms with E-state index in [9.17, 15) is 13.6 Å². The van der Waals surface area contributed by atoms with Gasteiger partial charge in [0.15, 0.2) is 17.7 Å². The molecule has 1 atom stereocenters. The van der Waals surface area contributed by atoms with E-state index in [0.717, 1.165) is 0 Å². The second-order valence-corrected chi connectivity index (χ2v) is 3.06. The number of aromatic hydroxyl groups is 1. The summed E-state index contributed by atoms with van der Waals surface area (Å²) in [6, 6.07) is 0.476. The number of benzene rings is 1. The van der Waals surface area contributed by atoms with E-state index in [4.69, 9.17) is 26.9 Å². The number of aliphatic hydroxyl groups excluding tert-OH is 1. The number of hydrogen-bond acceptors (Lipinski definition) is 3. The Labute approximate surface area is 87.3 Å². The average Bonchev–Trinajstić information content (AvgIpc) is 2.15. The maximum Gasteiger partial charge on any atom is 0.337 e. The van der Waals surface area contributed by atoms with E-state index >= 15 is 0 Å². The van der Waals surface area contributed by atoms with Crippen LogP contribution in [0.15, 0.2) is 6.07 Å². The van der Waals surface area contributed by atoms with Gasteiger partial charge in [0.25, 0.3) is 0 Å². The third kappa shape index (κ3) is 2.00. The number of hydrogen-bond donors (Lipinski definition) is 3. The number of rotatable bonds is 2. The van der Waals surface area contributed by atoms with Crippen LogP contribution in [0.2, 0.25) is 5.02 Å². The summed E-state index contributed by atoms with van der Waals surface area (Å²) in [5, 5.41) is 25.9. The summed E-state index contributed by atoms with van der Waals surface area (Å²) >= 11 is 5.28. The van der Waals surface area contributed by atoms with Crippen molar-refractivity contribution in [3.63, 3.8) is 0 Å². The first-order valence-corrected chi connectivity index (χ1v) is 4.01. The van der Waals surface area contributed by atoms with E-state index < -0.39 is 40.0 Å². The molecule has 0 amide bonds. The first-order chi connectivity index (χ1) is 6.86. The van der Waals surface area contributed by atoms with Crippen LogP contribution in [0.1, 0.15) is 11.7 Å². The van der Waals surface area contributed by atoms with Crippen LogP contribution in [0.25, 0.3) is 0 Å². The Morgan fingerprint density at radius 1 is 1.47 bits per heavy atom. The van der Waals surface area contributed by atoms with Crippen molar-refractivity contribution in [1.82, 2.24) is 0 Å². The number of phenols is 1. The first-order valence-electron chi connectivity index (χ1n) is 3.63. The molecule has 0 aliphatic heterocycles. The number of halogens is 3. The number of aliphatic hydroxyl groups is 1. The average molecular weight is 239 g/mol. The molecule has 15 heavy (non-hydrogen) atoms. The van der Waals surface area contributed by atoms with Gasteiger partial charge in [0.1, 0.15) is 5.75 Å². The smallest absolute Gasteiger partial charge is 0.337 e. The third-order valence-electron chi connectivity index (χ3n) is 1.69. The Morgan fingerprint density at radius 3 is 2.47 bits per heavy atom. The van der Waals surface area contributed by atoms with Crippen molar-refractivity contribution < 1.29 is 28.9 Å². The summed E-state index contributed by atoms with van der Waals surface area (Å²) in [6.45, 7) is 0. The molecule has 7 heteroatoms. The molecular weight excluding hydrogens is 234 g/mol. The predicted octanol–water partition coefficient (Wildman–Crippen LogP) is 1.44. The van der Waals surface area contributed by atoms with Gasteiger partial charge in [-0.2, -0.15) is 0 Å². The van der Waals surface area contributed by atoms with Gasteiger partial charge < -0.3 is 15.3 Å². The Bertz CT molecular complexity index is 395. The molecule has 1 rings (SSSR count). The SMILES string of the molecule is O=C(O)C(O)c1c(O)c(Cl)cc(F)c1F. The molecule has 3 N–H and O–H groups in total. The molecular formula is C8H5ClF2O4. The standard InChI is InChI=1S/C8H5ClF2O4/c9-2-1-3(10)5(11)4(6(2)12)7(13)8(14)15/h1,7,12-13H,(H,14,15). The molecule has 0 aliphatic rings. The topological polar surface area (TPSA) is 77.8 Å². The maximum atomic E-state index is 13.0. The highest BCUT2D eigenvalue weighted by Crippen LogP contribution is 2.35. The summed E-state index contributed by atoms with van der Waals surface area (Å²) in [6.07, 6.45) is -2.38. The Kier molecular flexibility index (Phi) is 3.11. The largest absolute Gasteiger partial charge is 0.506 e.